The molecule has 1 N–H and O–H groups in total. The van der Waals surface area contributed by atoms with Gasteiger partial charge in [0, 0.05) is 11.4 Å². The summed E-state index contributed by atoms with van der Waals surface area (Å²) < 4.78 is 14.2. The molecule has 1 aromatic heterocycles. The molecule has 0 aliphatic rings. The van der Waals surface area contributed by atoms with Gasteiger partial charge in [0.1, 0.15) is 15.7 Å². The minimum atomic E-state index is -1.31. The molecule has 0 unspecified atom stereocenters. The smallest absolute Gasteiger partial charge is 0.356 e. The molecule has 1 heterocycles. The highest BCUT2D eigenvalue weighted by Crippen LogP contribution is 2.35. The molecule has 7 heteroatoms. The second-order valence-corrected chi connectivity index (χ2v) is 5.51. The van der Waals surface area contributed by atoms with Gasteiger partial charge in [-0.05, 0) is 28.1 Å². The lowest BCUT2D eigenvalue weighted by Gasteiger charge is -2.01. The molecule has 0 radical (unpaired) electrons. The largest absolute Gasteiger partial charge is 0.476 e. The van der Waals surface area contributed by atoms with Gasteiger partial charge in [-0.3, -0.25) is 4.79 Å². The monoisotopic (exact) mass is 343 g/mol. The fraction of sp³-hybridized carbons (Fsp3) is 0.0833. The molecule has 0 fully saturated rings. The van der Waals surface area contributed by atoms with Crippen molar-refractivity contribution in [3.05, 3.63) is 39.1 Å². The van der Waals surface area contributed by atoms with E-state index in [0.29, 0.717) is 4.47 Å². The van der Waals surface area contributed by atoms with Crippen molar-refractivity contribution in [3.8, 4) is 10.6 Å². The quantitative estimate of drug-likeness (QED) is 0.864. The Kier molecular flexibility index (Phi) is 3.77. The van der Waals surface area contributed by atoms with Gasteiger partial charge in [-0.25, -0.2) is 14.2 Å². The van der Waals surface area contributed by atoms with E-state index in [4.69, 9.17) is 5.11 Å². The molecule has 0 saturated carbocycles. The number of nitrogens with zero attached hydrogens (tertiary/aromatic N) is 1. The summed E-state index contributed by atoms with van der Waals surface area (Å²) in [4.78, 5) is 26.3. The van der Waals surface area contributed by atoms with Crippen LogP contribution in [0.2, 0.25) is 0 Å². The van der Waals surface area contributed by atoms with Crippen molar-refractivity contribution in [3.63, 3.8) is 0 Å². The van der Waals surface area contributed by atoms with E-state index < -0.39 is 17.6 Å². The van der Waals surface area contributed by atoms with Crippen molar-refractivity contribution < 1.29 is 19.1 Å². The van der Waals surface area contributed by atoms with Gasteiger partial charge in [0.25, 0.3) is 0 Å². The maximum absolute atomic E-state index is 13.8. The second kappa shape index (κ2) is 5.18. The Bertz CT molecular complexity index is 632. The van der Waals surface area contributed by atoms with Gasteiger partial charge in [-0.1, -0.05) is 6.07 Å². The molecule has 4 nitrogen and oxygen atoms in total. The summed E-state index contributed by atoms with van der Waals surface area (Å²) in [6.45, 7) is 1.25. The predicted molar refractivity (Wildman–Crippen MR) is 72.2 cm³/mol. The normalized spacial score (nSPS) is 10.5. The highest BCUT2D eigenvalue weighted by Gasteiger charge is 2.23. The van der Waals surface area contributed by atoms with Gasteiger partial charge in [0.05, 0.1) is 5.56 Å². The molecule has 0 spiro atoms. The van der Waals surface area contributed by atoms with Crippen LogP contribution in [0.4, 0.5) is 4.39 Å². The average molecular weight is 344 g/mol. The Morgan fingerprint density at radius 2 is 2.11 bits per heavy atom. The van der Waals surface area contributed by atoms with Gasteiger partial charge >= 0.3 is 5.97 Å². The number of hydrogen-bond acceptors (Lipinski definition) is 4. The number of carbonyl (C=O) groups excluding carboxylic acids is 1. The van der Waals surface area contributed by atoms with Crippen LogP contribution >= 0.6 is 27.3 Å². The first kappa shape index (κ1) is 13.8. The van der Waals surface area contributed by atoms with Crippen molar-refractivity contribution in [2.45, 2.75) is 6.92 Å². The fourth-order valence-electron chi connectivity index (χ4n) is 1.51. The van der Waals surface area contributed by atoms with E-state index in [9.17, 15) is 14.0 Å². The first-order valence-corrected chi connectivity index (χ1v) is 6.72. The third kappa shape index (κ3) is 2.57. The summed E-state index contributed by atoms with van der Waals surface area (Å²) in [5.74, 6) is -2.25. The van der Waals surface area contributed by atoms with Gasteiger partial charge in [-0.2, -0.15) is 0 Å². The summed E-state index contributed by atoms with van der Waals surface area (Å²) in [7, 11) is 0. The minimum absolute atomic E-state index is 0.0117. The Balaban J connectivity index is 2.68. The van der Waals surface area contributed by atoms with Gasteiger partial charge in [0.2, 0.25) is 0 Å². The van der Waals surface area contributed by atoms with E-state index in [0.717, 1.165) is 11.3 Å². The van der Waals surface area contributed by atoms with Crippen LogP contribution in [0.25, 0.3) is 10.6 Å². The number of thiazole rings is 1. The number of Topliss-reactive ketones (excluding diaryl/α,β-unsaturated/α-hetero) is 1. The summed E-state index contributed by atoms with van der Waals surface area (Å²) in [6, 6.07) is 4.38. The van der Waals surface area contributed by atoms with Crippen LogP contribution < -0.4 is 0 Å². The number of carboxylic acid groups (broad SMARTS) is 1. The van der Waals surface area contributed by atoms with E-state index >= 15 is 0 Å². The molecule has 0 aliphatic heterocycles. The lowest BCUT2D eigenvalue weighted by atomic mass is 10.2. The molecule has 0 saturated heterocycles. The summed E-state index contributed by atoms with van der Waals surface area (Å²) >= 11 is 4.05. The maximum Gasteiger partial charge on any atom is 0.356 e. The summed E-state index contributed by atoms with van der Waals surface area (Å²) in [5, 5.41) is 9.16. The molecule has 0 bridgehead atoms. The third-order valence-electron chi connectivity index (χ3n) is 2.33. The molecular weight excluding hydrogens is 337 g/mol. The fourth-order valence-corrected chi connectivity index (χ4v) is 3.19. The van der Waals surface area contributed by atoms with Crippen molar-refractivity contribution >= 4 is 39.0 Å². The van der Waals surface area contributed by atoms with Crippen molar-refractivity contribution in [2.75, 3.05) is 0 Å². The molecule has 0 atom stereocenters. The molecule has 98 valence electrons. The van der Waals surface area contributed by atoms with Crippen LogP contribution in [0.5, 0.6) is 0 Å². The standard InChI is InChI=1S/C12H7BrFNO3S/c1-5(16)10-9(12(17)18)15-11(19-10)8-6(13)3-2-4-7(8)14/h2-4H,1H3,(H,17,18). The van der Waals surface area contributed by atoms with Crippen LogP contribution in [0.15, 0.2) is 22.7 Å². The summed E-state index contributed by atoms with van der Waals surface area (Å²) in [5.41, 5.74) is -0.190. The van der Waals surface area contributed by atoms with E-state index in [1.165, 1.54) is 19.1 Å². The first-order chi connectivity index (χ1) is 8.91. The average Bonchev–Trinajstić information content (AvgIpc) is 2.73. The topological polar surface area (TPSA) is 67.3 Å². The zero-order valence-electron chi connectivity index (χ0n) is 9.61. The Labute approximate surface area is 120 Å². The molecule has 2 aromatic rings. The van der Waals surface area contributed by atoms with Crippen LogP contribution in [0.1, 0.15) is 27.1 Å². The number of rotatable bonds is 3. The molecule has 0 aliphatic carbocycles. The molecular formula is C12H7BrFNO3S. The van der Waals surface area contributed by atoms with E-state index in [1.54, 1.807) is 6.07 Å². The SMILES string of the molecule is CC(=O)c1sc(-c2c(F)cccc2Br)nc1C(=O)O. The number of hydrogen-bond donors (Lipinski definition) is 1. The van der Waals surface area contributed by atoms with Gasteiger partial charge < -0.3 is 5.11 Å². The predicted octanol–water partition coefficient (Wildman–Crippen LogP) is 3.61. The number of benzene rings is 1. The number of halogens is 2. The van der Waals surface area contributed by atoms with E-state index in [2.05, 4.69) is 20.9 Å². The van der Waals surface area contributed by atoms with Crippen molar-refractivity contribution in [2.24, 2.45) is 0 Å². The Hall–Kier alpha value is -1.60. The molecule has 19 heavy (non-hydrogen) atoms. The number of carbonyl (C=O) groups is 2. The Morgan fingerprint density at radius 1 is 1.42 bits per heavy atom. The van der Waals surface area contributed by atoms with Crippen molar-refractivity contribution in [1.29, 1.82) is 0 Å². The van der Waals surface area contributed by atoms with Gasteiger partial charge in [0.15, 0.2) is 11.5 Å². The van der Waals surface area contributed by atoms with Gasteiger partial charge in [-0.15, -0.1) is 11.3 Å². The van der Waals surface area contributed by atoms with E-state index in [1.807, 2.05) is 0 Å². The molecule has 0 amide bonds. The Morgan fingerprint density at radius 3 is 2.58 bits per heavy atom. The maximum atomic E-state index is 13.8. The third-order valence-corrected chi connectivity index (χ3v) is 4.16. The lowest BCUT2D eigenvalue weighted by Crippen LogP contribution is -2.03. The number of carboxylic acids is 1. The van der Waals surface area contributed by atoms with Crippen LogP contribution in [0, 0.1) is 5.82 Å². The lowest BCUT2D eigenvalue weighted by molar-refractivity contribution is 0.0687. The summed E-state index contributed by atoms with van der Waals surface area (Å²) in [6.07, 6.45) is 0. The number of aromatic nitrogens is 1. The number of aromatic carboxylic acids is 1. The zero-order chi connectivity index (χ0) is 14.2. The van der Waals surface area contributed by atoms with Crippen LogP contribution in [-0.4, -0.2) is 21.8 Å². The molecule has 1 aromatic carbocycles. The highest BCUT2D eigenvalue weighted by molar-refractivity contribution is 9.10. The highest BCUT2D eigenvalue weighted by atomic mass is 79.9. The number of ketones is 1. The first-order valence-electron chi connectivity index (χ1n) is 5.11. The van der Waals surface area contributed by atoms with Crippen LogP contribution in [-0.2, 0) is 0 Å². The van der Waals surface area contributed by atoms with Crippen molar-refractivity contribution in [1.82, 2.24) is 4.98 Å². The van der Waals surface area contributed by atoms with Crippen LogP contribution in [0.3, 0.4) is 0 Å². The minimum Gasteiger partial charge on any atom is -0.476 e. The van der Waals surface area contributed by atoms with E-state index in [-0.39, 0.29) is 21.1 Å². The zero-order valence-corrected chi connectivity index (χ0v) is 12.0. The molecule has 2 rings (SSSR count). The second-order valence-electron chi connectivity index (χ2n) is 3.65.